The maximum atomic E-state index is 13.0. The lowest BCUT2D eigenvalue weighted by atomic mass is 10.1. The van der Waals surface area contributed by atoms with Crippen LogP contribution >= 0.6 is 11.3 Å². The fourth-order valence-corrected chi connectivity index (χ4v) is 3.07. The molecule has 1 aliphatic carbocycles. The van der Waals surface area contributed by atoms with E-state index in [9.17, 15) is 14.3 Å². The van der Waals surface area contributed by atoms with Gasteiger partial charge in [-0.05, 0) is 43.5 Å². The second-order valence-electron chi connectivity index (χ2n) is 5.91. The van der Waals surface area contributed by atoms with Crippen LogP contribution < -0.4 is 0 Å². The molecule has 1 N–H and O–H groups in total. The summed E-state index contributed by atoms with van der Waals surface area (Å²) in [6.45, 7) is 2.12. The summed E-state index contributed by atoms with van der Waals surface area (Å²) in [5.41, 5.74) is 1.37. The SMILES string of the molecule is Cc1nc(/C=C/C(=O)N(CC(O)c2ccc(F)cc2)C2CC2)cs1. The number of carbonyl (C=O) groups excluding carboxylic acids is 1. The Balaban J connectivity index is 1.66. The highest BCUT2D eigenvalue weighted by Gasteiger charge is 2.33. The van der Waals surface area contributed by atoms with E-state index in [-0.39, 0.29) is 24.3 Å². The number of rotatable bonds is 6. The average Bonchev–Trinajstić information content (AvgIpc) is 3.32. The van der Waals surface area contributed by atoms with Crippen LogP contribution in [0.3, 0.4) is 0 Å². The summed E-state index contributed by atoms with van der Waals surface area (Å²) >= 11 is 1.53. The summed E-state index contributed by atoms with van der Waals surface area (Å²) in [7, 11) is 0. The third-order valence-corrected chi connectivity index (χ3v) is 4.72. The van der Waals surface area contributed by atoms with Gasteiger partial charge in [0.05, 0.1) is 23.4 Å². The second kappa shape index (κ2) is 7.23. The van der Waals surface area contributed by atoms with Crippen molar-refractivity contribution >= 4 is 23.3 Å². The fourth-order valence-electron chi connectivity index (χ4n) is 2.49. The number of aliphatic hydroxyl groups excluding tert-OH is 1. The quantitative estimate of drug-likeness (QED) is 0.816. The Morgan fingerprint density at radius 2 is 2.17 bits per heavy atom. The standard InChI is InChI=1S/C18H19FN2O2S/c1-12-20-15(11-24-12)6-9-18(23)21(16-7-8-16)10-17(22)13-2-4-14(19)5-3-13/h2-6,9,11,16-17,22H,7-8,10H2,1H3/b9-6+. The Kier molecular flexibility index (Phi) is 5.06. The average molecular weight is 346 g/mol. The third kappa shape index (κ3) is 4.27. The smallest absolute Gasteiger partial charge is 0.246 e. The summed E-state index contributed by atoms with van der Waals surface area (Å²) in [4.78, 5) is 18.4. The molecule has 0 spiro atoms. The number of aromatic nitrogens is 1. The molecule has 1 aliphatic rings. The number of aryl methyl sites for hydroxylation is 1. The van der Waals surface area contributed by atoms with Gasteiger partial charge >= 0.3 is 0 Å². The largest absolute Gasteiger partial charge is 0.387 e. The van der Waals surface area contributed by atoms with Crippen LogP contribution in [0.15, 0.2) is 35.7 Å². The van der Waals surface area contributed by atoms with Gasteiger partial charge in [0, 0.05) is 17.5 Å². The number of aliphatic hydroxyl groups is 1. The molecular formula is C18H19FN2O2S. The molecule has 1 unspecified atom stereocenters. The molecule has 1 aromatic heterocycles. The van der Waals surface area contributed by atoms with E-state index in [1.807, 2.05) is 12.3 Å². The molecule has 2 aromatic rings. The molecule has 1 fully saturated rings. The van der Waals surface area contributed by atoms with Gasteiger partial charge < -0.3 is 10.0 Å². The van der Waals surface area contributed by atoms with E-state index in [1.165, 1.54) is 29.5 Å². The predicted octanol–water partition coefficient (Wildman–Crippen LogP) is 3.33. The molecular weight excluding hydrogens is 327 g/mol. The lowest BCUT2D eigenvalue weighted by molar-refractivity contribution is -0.128. The van der Waals surface area contributed by atoms with Gasteiger partial charge in [0.1, 0.15) is 5.82 Å². The molecule has 126 valence electrons. The Labute approximate surface area is 144 Å². The van der Waals surface area contributed by atoms with E-state index in [2.05, 4.69) is 4.98 Å². The van der Waals surface area contributed by atoms with Gasteiger partial charge in [-0.1, -0.05) is 12.1 Å². The number of carbonyl (C=O) groups is 1. The van der Waals surface area contributed by atoms with Gasteiger partial charge in [-0.3, -0.25) is 4.79 Å². The summed E-state index contributed by atoms with van der Waals surface area (Å²) in [6, 6.07) is 5.89. The number of amides is 1. The van der Waals surface area contributed by atoms with Crippen molar-refractivity contribution in [2.75, 3.05) is 6.54 Å². The summed E-state index contributed by atoms with van der Waals surface area (Å²) in [5.74, 6) is -0.480. The Hall–Kier alpha value is -2.05. The molecule has 4 nitrogen and oxygen atoms in total. The Bertz CT molecular complexity index is 738. The van der Waals surface area contributed by atoms with Crippen LogP contribution in [0.2, 0.25) is 0 Å². The molecule has 1 aromatic carbocycles. The van der Waals surface area contributed by atoms with Crippen molar-refractivity contribution < 1.29 is 14.3 Å². The zero-order chi connectivity index (χ0) is 17.1. The van der Waals surface area contributed by atoms with Gasteiger partial charge in [-0.2, -0.15) is 0 Å². The highest BCUT2D eigenvalue weighted by Crippen LogP contribution is 2.29. The molecule has 6 heteroatoms. The van der Waals surface area contributed by atoms with E-state index in [0.717, 1.165) is 23.5 Å². The number of hydrogen-bond acceptors (Lipinski definition) is 4. The zero-order valence-corrected chi connectivity index (χ0v) is 14.2. The normalized spacial score (nSPS) is 15.6. The molecule has 0 aliphatic heterocycles. The highest BCUT2D eigenvalue weighted by atomic mass is 32.1. The highest BCUT2D eigenvalue weighted by molar-refractivity contribution is 7.09. The van der Waals surface area contributed by atoms with Crippen LogP contribution in [-0.2, 0) is 4.79 Å². The monoisotopic (exact) mass is 346 g/mol. The molecule has 1 heterocycles. The van der Waals surface area contributed by atoms with Crippen molar-refractivity contribution in [3.63, 3.8) is 0 Å². The molecule has 1 atom stereocenters. The lowest BCUT2D eigenvalue weighted by Gasteiger charge is -2.24. The van der Waals surface area contributed by atoms with Gasteiger partial charge in [0.2, 0.25) is 5.91 Å². The first-order valence-corrected chi connectivity index (χ1v) is 8.75. The summed E-state index contributed by atoms with van der Waals surface area (Å²) < 4.78 is 13.0. The van der Waals surface area contributed by atoms with E-state index in [4.69, 9.17) is 0 Å². The van der Waals surface area contributed by atoms with Crippen LogP contribution in [0.4, 0.5) is 4.39 Å². The summed E-state index contributed by atoms with van der Waals surface area (Å²) in [5, 5.41) is 13.2. The van der Waals surface area contributed by atoms with E-state index >= 15 is 0 Å². The molecule has 1 amide bonds. The topological polar surface area (TPSA) is 53.4 Å². The lowest BCUT2D eigenvalue weighted by Crippen LogP contribution is -2.35. The van der Waals surface area contributed by atoms with Crippen LogP contribution in [-0.4, -0.2) is 33.5 Å². The van der Waals surface area contributed by atoms with Crippen LogP contribution in [0.25, 0.3) is 6.08 Å². The number of thiazole rings is 1. The van der Waals surface area contributed by atoms with Crippen molar-refractivity contribution in [1.29, 1.82) is 0 Å². The third-order valence-electron chi connectivity index (χ3n) is 3.93. The second-order valence-corrected chi connectivity index (χ2v) is 6.98. The van der Waals surface area contributed by atoms with E-state index < -0.39 is 6.10 Å². The molecule has 3 rings (SSSR count). The fraction of sp³-hybridized carbons (Fsp3) is 0.333. The Morgan fingerprint density at radius 1 is 1.46 bits per heavy atom. The first-order chi connectivity index (χ1) is 11.5. The van der Waals surface area contributed by atoms with Crippen molar-refractivity contribution in [3.8, 4) is 0 Å². The Morgan fingerprint density at radius 3 is 2.75 bits per heavy atom. The molecule has 1 saturated carbocycles. The maximum absolute atomic E-state index is 13.0. The van der Waals surface area contributed by atoms with Gasteiger partial charge in [0.25, 0.3) is 0 Å². The summed E-state index contributed by atoms with van der Waals surface area (Å²) in [6.07, 6.45) is 4.28. The number of halogens is 1. The maximum Gasteiger partial charge on any atom is 0.246 e. The van der Waals surface area contributed by atoms with Crippen molar-refractivity contribution in [3.05, 3.63) is 57.8 Å². The van der Waals surface area contributed by atoms with Crippen LogP contribution in [0.1, 0.15) is 35.2 Å². The molecule has 0 saturated heterocycles. The van der Waals surface area contributed by atoms with Gasteiger partial charge in [-0.25, -0.2) is 9.37 Å². The van der Waals surface area contributed by atoms with Crippen LogP contribution in [0.5, 0.6) is 0 Å². The molecule has 24 heavy (non-hydrogen) atoms. The minimum absolute atomic E-state index is 0.135. The van der Waals surface area contributed by atoms with Crippen LogP contribution in [0, 0.1) is 12.7 Å². The predicted molar refractivity (Wildman–Crippen MR) is 92.0 cm³/mol. The zero-order valence-electron chi connectivity index (χ0n) is 13.4. The number of hydrogen-bond donors (Lipinski definition) is 1. The molecule has 0 radical (unpaired) electrons. The van der Waals surface area contributed by atoms with Crippen molar-refractivity contribution in [2.45, 2.75) is 31.9 Å². The molecule has 0 bridgehead atoms. The van der Waals surface area contributed by atoms with Gasteiger partial charge in [0.15, 0.2) is 0 Å². The van der Waals surface area contributed by atoms with Crippen molar-refractivity contribution in [1.82, 2.24) is 9.88 Å². The first-order valence-electron chi connectivity index (χ1n) is 7.87. The number of benzene rings is 1. The number of nitrogens with zero attached hydrogens (tertiary/aromatic N) is 2. The minimum atomic E-state index is -0.829. The van der Waals surface area contributed by atoms with E-state index in [1.54, 1.807) is 23.1 Å². The minimum Gasteiger partial charge on any atom is -0.387 e. The van der Waals surface area contributed by atoms with Crippen molar-refractivity contribution in [2.24, 2.45) is 0 Å². The van der Waals surface area contributed by atoms with E-state index in [0.29, 0.717) is 5.56 Å². The first kappa shape index (κ1) is 16.8. The van der Waals surface area contributed by atoms with Gasteiger partial charge in [-0.15, -0.1) is 11.3 Å².